The van der Waals surface area contributed by atoms with Crippen LogP contribution in [0.2, 0.25) is 0 Å². The van der Waals surface area contributed by atoms with Crippen LogP contribution in [0.25, 0.3) is 11.1 Å². The van der Waals surface area contributed by atoms with Crippen molar-refractivity contribution in [1.29, 1.82) is 0 Å². The molecule has 0 heterocycles. The molecule has 0 spiro atoms. The van der Waals surface area contributed by atoms with Gasteiger partial charge in [0.05, 0.1) is 0 Å². The van der Waals surface area contributed by atoms with Gasteiger partial charge in [-0.15, -0.1) is 23.3 Å². The Balaban J connectivity index is 0.000000255. The molecule has 3 aromatic rings. The largest absolute Gasteiger partial charge is 0.214 e. The van der Waals surface area contributed by atoms with Crippen LogP contribution >= 0.6 is 0 Å². The van der Waals surface area contributed by atoms with E-state index in [9.17, 15) is 8.78 Å². The molecule has 0 N–H and O–H groups in total. The predicted octanol–water partition coefficient (Wildman–Crippen LogP) is -0.751. The maximum absolute atomic E-state index is 13.0. The number of rotatable bonds is 0. The van der Waals surface area contributed by atoms with E-state index in [2.05, 4.69) is 6.07 Å². The third kappa shape index (κ3) is 6.61. The van der Waals surface area contributed by atoms with Crippen molar-refractivity contribution in [3.63, 3.8) is 0 Å². The molecule has 0 aliphatic heterocycles. The van der Waals surface area contributed by atoms with E-state index in [0.717, 1.165) is 22.3 Å². The van der Waals surface area contributed by atoms with Crippen LogP contribution in [0.4, 0.5) is 8.78 Å². The summed E-state index contributed by atoms with van der Waals surface area (Å²) in [7, 11) is 0. The first-order chi connectivity index (χ1) is 11.6. The molecule has 5 rings (SSSR count). The van der Waals surface area contributed by atoms with Crippen molar-refractivity contribution in [2.45, 2.75) is 19.3 Å². The molecule has 2 aliphatic rings. The Labute approximate surface area is 180 Å². The SMILES string of the molecule is Fc1[c-]c2c(cc1)-c1ccc(F)cc1C2.[Cl-].[Cl-].[Zr+2]=[C]1CC1.c1cc[cH-]c1. The van der Waals surface area contributed by atoms with E-state index in [-0.39, 0.29) is 36.4 Å². The molecule has 1 fully saturated rings. The zero-order valence-corrected chi connectivity index (χ0v) is 17.9. The van der Waals surface area contributed by atoms with Crippen molar-refractivity contribution in [3.8, 4) is 11.1 Å². The number of hydrogen-bond donors (Lipinski definition) is 0. The molecule has 0 bridgehead atoms. The first kappa shape index (κ1) is 23.0. The second-order valence-corrected chi connectivity index (χ2v) is 7.48. The summed E-state index contributed by atoms with van der Waals surface area (Å²) in [5, 5.41) is 0. The van der Waals surface area contributed by atoms with Gasteiger partial charge >= 0.3 is 40.3 Å². The van der Waals surface area contributed by atoms with Gasteiger partial charge in [0.1, 0.15) is 5.82 Å². The summed E-state index contributed by atoms with van der Waals surface area (Å²) in [6, 6.07) is 20.4. The summed E-state index contributed by atoms with van der Waals surface area (Å²) >= 11 is 1.66. The third-order valence-electron chi connectivity index (χ3n) is 3.77. The second-order valence-electron chi connectivity index (χ2n) is 5.74. The number of halogens is 4. The summed E-state index contributed by atoms with van der Waals surface area (Å²) in [6.07, 6.45) is 3.46. The van der Waals surface area contributed by atoms with E-state index in [0.29, 0.717) is 6.42 Å². The van der Waals surface area contributed by atoms with Crippen LogP contribution in [-0.4, -0.2) is 3.21 Å². The van der Waals surface area contributed by atoms with Crippen LogP contribution < -0.4 is 24.8 Å². The van der Waals surface area contributed by atoms with Crippen LogP contribution in [0.15, 0.2) is 60.7 Å². The summed E-state index contributed by atoms with van der Waals surface area (Å²) in [4.78, 5) is 0. The zero-order chi connectivity index (χ0) is 16.9. The van der Waals surface area contributed by atoms with Gasteiger partial charge in [-0.3, -0.25) is 0 Å². The fraction of sp³-hybridized carbons (Fsp3) is 0.143. The normalized spacial score (nSPS) is 12.1. The maximum Gasteiger partial charge on any atom is -0.172 e. The Morgan fingerprint density at radius 3 is 2.08 bits per heavy atom. The molecule has 5 heteroatoms. The van der Waals surface area contributed by atoms with Gasteiger partial charge in [0.2, 0.25) is 0 Å². The molecular weight excluding hydrogens is 452 g/mol. The maximum atomic E-state index is 13.0. The number of benzene rings is 2. The molecule has 0 atom stereocenters. The van der Waals surface area contributed by atoms with Crippen molar-refractivity contribution in [2.24, 2.45) is 0 Å². The average molecular weight is 468 g/mol. The van der Waals surface area contributed by atoms with Gasteiger partial charge in [0, 0.05) is 5.82 Å². The van der Waals surface area contributed by atoms with Gasteiger partial charge in [-0.25, -0.2) is 20.9 Å². The van der Waals surface area contributed by atoms with Crippen molar-refractivity contribution < 1.29 is 57.8 Å². The molecule has 3 aromatic carbocycles. The van der Waals surface area contributed by atoms with E-state index in [1.165, 1.54) is 31.0 Å². The molecule has 0 unspecified atom stereocenters. The molecule has 0 nitrogen and oxygen atoms in total. The van der Waals surface area contributed by atoms with Gasteiger partial charge in [0.15, 0.2) is 0 Å². The molecule has 0 aromatic heterocycles. The Morgan fingerprint density at radius 1 is 0.923 bits per heavy atom. The number of fused-ring (bicyclic) bond motifs is 3. The zero-order valence-electron chi connectivity index (χ0n) is 13.9. The molecule has 134 valence electrons. The van der Waals surface area contributed by atoms with Gasteiger partial charge < -0.3 is 24.8 Å². The molecule has 0 amide bonds. The molecule has 26 heavy (non-hydrogen) atoms. The van der Waals surface area contributed by atoms with E-state index < -0.39 is 0 Å². The molecular formula is C21H16Cl2F2Zr-2. The van der Waals surface area contributed by atoms with Crippen molar-refractivity contribution in [2.75, 3.05) is 0 Å². The van der Waals surface area contributed by atoms with Crippen molar-refractivity contribution in [3.05, 3.63) is 89.5 Å². The second kappa shape index (κ2) is 11.0. The summed E-state index contributed by atoms with van der Waals surface area (Å²) < 4.78 is 27.7. The smallest absolute Gasteiger partial charge is 0.172 e. The van der Waals surface area contributed by atoms with E-state index in [4.69, 9.17) is 0 Å². The Bertz CT molecular complexity index is 773. The molecule has 0 saturated heterocycles. The standard InChI is InChI=1S/C13H7F2.C5H5.C3H4.2ClH.Zr/c14-10-1-3-12-8(6-10)5-9-7-11(15)2-4-13(9)12;1-2-4-5-3-1;1-2-3-1;;;/h1-4,6H,5H2;1-5H;1-2H2;2*1H;/q2*-1;;;;+2/p-2. The third-order valence-corrected chi connectivity index (χ3v) is 5.00. The van der Waals surface area contributed by atoms with Crippen molar-refractivity contribution >= 4 is 3.21 Å². The monoisotopic (exact) mass is 466 g/mol. The molecule has 2 aliphatic carbocycles. The summed E-state index contributed by atoms with van der Waals surface area (Å²) in [5.41, 5.74) is 3.68. The van der Waals surface area contributed by atoms with Gasteiger partial charge in [-0.2, -0.15) is 24.3 Å². The molecule has 1 saturated carbocycles. The summed E-state index contributed by atoms with van der Waals surface area (Å²) in [5.74, 6) is -0.607. The van der Waals surface area contributed by atoms with Crippen molar-refractivity contribution in [1.82, 2.24) is 0 Å². The quantitative estimate of drug-likeness (QED) is 0.298. The minimum atomic E-state index is -0.359. The van der Waals surface area contributed by atoms with Crippen LogP contribution in [0, 0.1) is 17.7 Å². The minimum Gasteiger partial charge on any atom is -0.214 e. The Morgan fingerprint density at radius 2 is 1.54 bits per heavy atom. The first-order valence-electron chi connectivity index (χ1n) is 7.86. The topological polar surface area (TPSA) is 0 Å². The minimum absolute atomic E-state index is 0. The van der Waals surface area contributed by atoms with Crippen LogP contribution in [0.3, 0.4) is 0 Å². The van der Waals surface area contributed by atoms with E-state index in [1.54, 1.807) is 39.6 Å². The van der Waals surface area contributed by atoms with Gasteiger partial charge in [-0.05, 0) is 24.1 Å². The van der Waals surface area contributed by atoms with E-state index >= 15 is 0 Å². The number of hydrogen-bond acceptors (Lipinski definition) is 0. The fourth-order valence-corrected chi connectivity index (χ4v) is 2.75. The van der Waals surface area contributed by atoms with Gasteiger partial charge in [0.25, 0.3) is 0 Å². The Hall–Kier alpha value is -1.02. The van der Waals surface area contributed by atoms with Crippen LogP contribution in [-0.2, 0) is 30.7 Å². The average Bonchev–Trinajstić information content (AvgIpc) is 3.06. The predicted molar refractivity (Wildman–Crippen MR) is 89.7 cm³/mol. The van der Waals surface area contributed by atoms with Crippen LogP contribution in [0.1, 0.15) is 24.0 Å². The van der Waals surface area contributed by atoms with Crippen LogP contribution in [0.5, 0.6) is 0 Å². The first-order valence-corrected chi connectivity index (χ1v) is 9.09. The fourth-order valence-electron chi connectivity index (χ4n) is 2.45. The van der Waals surface area contributed by atoms with E-state index in [1.807, 2.05) is 30.3 Å². The summed E-state index contributed by atoms with van der Waals surface area (Å²) in [6.45, 7) is 0. The van der Waals surface area contributed by atoms with Gasteiger partial charge in [-0.1, -0.05) is 11.6 Å². The Kier molecular flexibility index (Phi) is 9.71. The molecule has 0 radical (unpaired) electrons.